The fraction of sp³-hybridized carbons (Fsp3) is 0.133. The van der Waals surface area contributed by atoms with Crippen LogP contribution in [0.25, 0.3) is 11.4 Å². The summed E-state index contributed by atoms with van der Waals surface area (Å²) in [7, 11) is 0. The number of rotatable bonds is 4. The second-order valence-electron chi connectivity index (χ2n) is 5.15. The molecule has 1 amide bonds. The van der Waals surface area contributed by atoms with Crippen LogP contribution in [0.5, 0.6) is 0 Å². The molecule has 0 saturated heterocycles. The maximum absolute atomic E-state index is 11.3. The molecular formula is C15H15N7O2. The van der Waals surface area contributed by atoms with Crippen molar-refractivity contribution in [3.8, 4) is 11.4 Å². The SMILES string of the molecule is Cc1nc(-c2cnc(Nc3ccc(C(N)=O)c(C)c3)nc2N)no1. The number of hydrogen-bond acceptors (Lipinski definition) is 8. The Morgan fingerprint density at radius 2 is 2.04 bits per heavy atom. The lowest BCUT2D eigenvalue weighted by molar-refractivity contribution is 0.0999. The van der Waals surface area contributed by atoms with E-state index in [2.05, 4.69) is 25.4 Å². The summed E-state index contributed by atoms with van der Waals surface area (Å²) in [5, 5.41) is 6.81. The Bertz CT molecular complexity index is 920. The van der Waals surface area contributed by atoms with E-state index in [1.165, 1.54) is 6.20 Å². The second-order valence-corrected chi connectivity index (χ2v) is 5.15. The maximum atomic E-state index is 11.3. The zero-order valence-corrected chi connectivity index (χ0v) is 13.1. The molecule has 0 saturated carbocycles. The summed E-state index contributed by atoms with van der Waals surface area (Å²) in [6.45, 7) is 3.48. The third-order valence-corrected chi connectivity index (χ3v) is 3.33. The van der Waals surface area contributed by atoms with Crippen LogP contribution in [0.15, 0.2) is 28.9 Å². The van der Waals surface area contributed by atoms with Crippen molar-refractivity contribution in [2.75, 3.05) is 11.1 Å². The summed E-state index contributed by atoms with van der Waals surface area (Å²) in [5.74, 6) is 0.815. The molecule has 24 heavy (non-hydrogen) atoms. The van der Waals surface area contributed by atoms with Gasteiger partial charge in [-0.2, -0.15) is 9.97 Å². The fourth-order valence-electron chi connectivity index (χ4n) is 2.18. The highest BCUT2D eigenvalue weighted by atomic mass is 16.5. The van der Waals surface area contributed by atoms with Gasteiger partial charge in [-0.05, 0) is 30.7 Å². The minimum Gasteiger partial charge on any atom is -0.383 e. The Hall–Kier alpha value is -3.49. The predicted molar refractivity (Wildman–Crippen MR) is 87.5 cm³/mol. The average molecular weight is 325 g/mol. The van der Waals surface area contributed by atoms with Crippen molar-refractivity contribution in [1.82, 2.24) is 20.1 Å². The monoisotopic (exact) mass is 325 g/mol. The molecule has 1 aromatic carbocycles. The van der Waals surface area contributed by atoms with E-state index in [-0.39, 0.29) is 5.82 Å². The number of primary amides is 1. The van der Waals surface area contributed by atoms with Crippen LogP contribution in [0.4, 0.5) is 17.5 Å². The molecule has 0 spiro atoms. The standard InChI is InChI=1S/C15H15N7O2/c1-7-5-9(3-4-10(7)13(17)23)20-15-18-6-11(12(16)21-15)14-19-8(2)24-22-14/h3-6H,1-2H3,(H2,17,23)(H3,16,18,20,21). The Morgan fingerprint density at radius 3 is 2.62 bits per heavy atom. The number of aromatic nitrogens is 4. The summed E-state index contributed by atoms with van der Waals surface area (Å²) in [4.78, 5) is 23.7. The number of carbonyl (C=O) groups is 1. The van der Waals surface area contributed by atoms with Gasteiger partial charge in [-0.15, -0.1) is 0 Å². The average Bonchev–Trinajstić information content (AvgIpc) is 2.93. The molecule has 2 aromatic heterocycles. The second kappa shape index (κ2) is 5.95. The Morgan fingerprint density at radius 1 is 1.25 bits per heavy atom. The molecule has 2 heterocycles. The number of nitrogens with one attached hydrogen (secondary N) is 1. The molecule has 0 aliphatic heterocycles. The fourth-order valence-corrected chi connectivity index (χ4v) is 2.18. The van der Waals surface area contributed by atoms with Gasteiger partial charge in [-0.3, -0.25) is 4.79 Å². The van der Waals surface area contributed by atoms with Crippen molar-refractivity contribution >= 4 is 23.4 Å². The number of amides is 1. The largest absolute Gasteiger partial charge is 0.383 e. The van der Waals surface area contributed by atoms with Gasteiger partial charge in [0.25, 0.3) is 0 Å². The number of benzene rings is 1. The van der Waals surface area contributed by atoms with Gasteiger partial charge in [0.15, 0.2) is 0 Å². The van der Waals surface area contributed by atoms with Crippen molar-refractivity contribution in [3.63, 3.8) is 0 Å². The van der Waals surface area contributed by atoms with E-state index in [9.17, 15) is 4.79 Å². The first-order valence-corrected chi connectivity index (χ1v) is 7.04. The molecule has 0 aliphatic carbocycles. The van der Waals surface area contributed by atoms with E-state index >= 15 is 0 Å². The molecule has 5 N–H and O–H groups in total. The molecule has 3 rings (SSSR count). The topological polar surface area (TPSA) is 146 Å². The summed E-state index contributed by atoms with van der Waals surface area (Å²) in [6, 6.07) is 5.12. The van der Waals surface area contributed by atoms with Crippen molar-refractivity contribution in [2.45, 2.75) is 13.8 Å². The van der Waals surface area contributed by atoms with Crippen LogP contribution >= 0.6 is 0 Å². The van der Waals surface area contributed by atoms with Crippen molar-refractivity contribution in [3.05, 3.63) is 41.4 Å². The molecule has 122 valence electrons. The summed E-state index contributed by atoms with van der Waals surface area (Å²) < 4.78 is 4.92. The minimum atomic E-state index is -0.473. The number of anilines is 3. The van der Waals surface area contributed by atoms with Crippen molar-refractivity contribution in [1.29, 1.82) is 0 Å². The van der Waals surface area contributed by atoms with Gasteiger partial charge in [0.2, 0.25) is 23.6 Å². The molecule has 9 heteroatoms. The van der Waals surface area contributed by atoms with E-state index < -0.39 is 5.91 Å². The van der Waals surface area contributed by atoms with Crippen molar-refractivity contribution in [2.24, 2.45) is 5.73 Å². The molecule has 0 atom stereocenters. The van der Waals surface area contributed by atoms with Gasteiger partial charge in [0.05, 0.1) is 5.56 Å². The quantitative estimate of drug-likeness (QED) is 0.655. The van der Waals surface area contributed by atoms with Crippen LogP contribution in [0.3, 0.4) is 0 Å². The summed E-state index contributed by atoms with van der Waals surface area (Å²) in [5.41, 5.74) is 13.6. The first-order chi connectivity index (χ1) is 11.4. The molecular weight excluding hydrogens is 310 g/mol. The Kier molecular flexibility index (Phi) is 3.82. The third kappa shape index (κ3) is 3.00. The number of nitrogen functional groups attached to an aromatic ring is 1. The molecule has 0 aliphatic rings. The normalized spacial score (nSPS) is 10.6. The highest BCUT2D eigenvalue weighted by Gasteiger charge is 2.13. The Balaban J connectivity index is 1.85. The number of hydrogen-bond donors (Lipinski definition) is 3. The first kappa shape index (κ1) is 15.4. The zero-order chi connectivity index (χ0) is 17.3. The lowest BCUT2D eigenvalue weighted by Crippen LogP contribution is -2.12. The lowest BCUT2D eigenvalue weighted by atomic mass is 10.1. The lowest BCUT2D eigenvalue weighted by Gasteiger charge is -2.09. The number of nitrogens with zero attached hydrogens (tertiary/aromatic N) is 4. The van der Waals surface area contributed by atoms with Crippen LogP contribution in [0.2, 0.25) is 0 Å². The van der Waals surface area contributed by atoms with Gasteiger partial charge in [-0.1, -0.05) is 5.16 Å². The molecule has 9 nitrogen and oxygen atoms in total. The van der Waals surface area contributed by atoms with Crippen LogP contribution in [-0.2, 0) is 0 Å². The number of carbonyl (C=O) groups excluding carboxylic acids is 1. The summed E-state index contributed by atoms with van der Waals surface area (Å²) >= 11 is 0. The van der Waals surface area contributed by atoms with Gasteiger partial charge < -0.3 is 21.3 Å². The smallest absolute Gasteiger partial charge is 0.248 e. The zero-order valence-electron chi connectivity index (χ0n) is 13.1. The minimum absolute atomic E-state index is 0.221. The predicted octanol–water partition coefficient (Wildman–Crippen LogP) is 1.57. The van der Waals surface area contributed by atoms with Crippen LogP contribution in [-0.4, -0.2) is 26.0 Å². The third-order valence-electron chi connectivity index (χ3n) is 3.33. The van der Waals surface area contributed by atoms with Crippen LogP contribution < -0.4 is 16.8 Å². The maximum Gasteiger partial charge on any atom is 0.248 e. The molecule has 3 aromatic rings. The van der Waals surface area contributed by atoms with Crippen molar-refractivity contribution < 1.29 is 9.32 Å². The van der Waals surface area contributed by atoms with Crippen LogP contribution in [0.1, 0.15) is 21.8 Å². The Labute approximate surface area is 137 Å². The highest BCUT2D eigenvalue weighted by Crippen LogP contribution is 2.23. The molecule has 0 bridgehead atoms. The first-order valence-electron chi connectivity index (χ1n) is 7.04. The van der Waals surface area contributed by atoms with Gasteiger partial charge in [-0.25, -0.2) is 4.98 Å². The number of nitrogens with two attached hydrogens (primary N) is 2. The summed E-state index contributed by atoms with van der Waals surface area (Å²) in [6.07, 6.45) is 1.51. The molecule has 0 unspecified atom stereocenters. The van der Waals surface area contributed by atoms with Crippen LogP contribution in [0, 0.1) is 13.8 Å². The van der Waals surface area contributed by atoms with E-state index in [0.29, 0.717) is 34.5 Å². The molecule has 0 fully saturated rings. The van der Waals surface area contributed by atoms with E-state index in [0.717, 1.165) is 5.56 Å². The highest BCUT2D eigenvalue weighted by molar-refractivity contribution is 5.94. The molecule has 0 radical (unpaired) electrons. The van der Waals surface area contributed by atoms with E-state index in [1.54, 1.807) is 32.0 Å². The van der Waals surface area contributed by atoms with E-state index in [1.807, 2.05) is 0 Å². The van der Waals surface area contributed by atoms with Gasteiger partial charge >= 0.3 is 0 Å². The van der Waals surface area contributed by atoms with E-state index in [4.69, 9.17) is 16.0 Å². The number of aryl methyl sites for hydroxylation is 2. The van der Waals surface area contributed by atoms with Gasteiger partial charge in [0.1, 0.15) is 5.82 Å². The van der Waals surface area contributed by atoms with Gasteiger partial charge in [0, 0.05) is 24.4 Å².